The number of halogens is 3. The van der Waals surface area contributed by atoms with Crippen LogP contribution < -0.4 is 5.32 Å². The number of aromatic nitrogens is 3. The first kappa shape index (κ1) is 18.8. The van der Waals surface area contributed by atoms with Crippen LogP contribution in [-0.4, -0.2) is 25.6 Å². The van der Waals surface area contributed by atoms with Gasteiger partial charge < -0.3 is 5.32 Å². The smallest absolute Gasteiger partial charge is 0.300 e. The first-order valence-corrected chi connectivity index (χ1v) is 8.34. The fraction of sp³-hybridized carbons (Fsp3) is 0.267. The van der Waals surface area contributed by atoms with Crippen molar-refractivity contribution in [3.63, 3.8) is 0 Å². The Morgan fingerprint density at radius 2 is 2.07 bits per heavy atom. The van der Waals surface area contributed by atoms with E-state index < -0.39 is 34.9 Å². The van der Waals surface area contributed by atoms with Crippen LogP contribution >= 0.6 is 11.3 Å². The molecule has 0 aliphatic heterocycles. The number of fused-ring (bicyclic) bond motifs is 1. The minimum atomic E-state index is -5.00. The highest BCUT2D eigenvalue weighted by molar-refractivity contribution is 7.22. The van der Waals surface area contributed by atoms with Gasteiger partial charge in [-0.05, 0) is 31.5 Å². The van der Waals surface area contributed by atoms with Gasteiger partial charge in [-0.1, -0.05) is 17.4 Å². The van der Waals surface area contributed by atoms with Gasteiger partial charge in [-0.2, -0.15) is 18.3 Å². The van der Waals surface area contributed by atoms with Crippen molar-refractivity contribution in [3.8, 4) is 0 Å². The van der Waals surface area contributed by atoms with E-state index in [1.54, 1.807) is 6.07 Å². The highest BCUT2D eigenvalue weighted by Crippen LogP contribution is 2.37. The largest absolute Gasteiger partial charge is 0.442 e. The average molecular weight is 399 g/mol. The number of aryl methyl sites for hydroxylation is 1. The molecule has 0 saturated carbocycles. The lowest BCUT2D eigenvalue weighted by atomic mass is 10.2. The number of nitro groups is 1. The second-order valence-electron chi connectivity index (χ2n) is 5.73. The lowest BCUT2D eigenvalue weighted by molar-refractivity contribution is -0.388. The summed E-state index contributed by atoms with van der Waals surface area (Å²) < 4.78 is 40.3. The third-order valence-electron chi connectivity index (χ3n) is 3.71. The lowest BCUT2D eigenvalue weighted by Gasteiger charge is -2.03. The van der Waals surface area contributed by atoms with Gasteiger partial charge in [0.05, 0.1) is 15.1 Å². The second kappa shape index (κ2) is 6.61. The minimum absolute atomic E-state index is 0.274. The Kier molecular flexibility index (Phi) is 4.59. The molecule has 2 heterocycles. The molecule has 3 aromatic rings. The zero-order valence-electron chi connectivity index (χ0n) is 14.0. The molecular weight excluding hydrogens is 387 g/mol. The van der Waals surface area contributed by atoms with Gasteiger partial charge in [0, 0.05) is 0 Å². The van der Waals surface area contributed by atoms with Crippen molar-refractivity contribution in [2.24, 2.45) is 0 Å². The molecule has 0 saturated heterocycles. The monoisotopic (exact) mass is 399 g/mol. The lowest BCUT2D eigenvalue weighted by Crippen LogP contribution is -2.20. The Hall–Kier alpha value is -3.02. The Bertz CT molecular complexity index is 1060. The van der Waals surface area contributed by atoms with Crippen molar-refractivity contribution < 1.29 is 22.9 Å². The topological polar surface area (TPSA) is 103 Å². The molecule has 0 radical (unpaired) electrons. The average Bonchev–Trinajstić information content (AvgIpc) is 3.07. The Morgan fingerprint density at radius 1 is 1.37 bits per heavy atom. The van der Waals surface area contributed by atoms with Crippen molar-refractivity contribution in [2.45, 2.75) is 26.6 Å². The number of hydrogen-bond donors (Lipinski definition) is 1. The first-order chi connectivity index (χ1) is 12.6. The molecule has 0 fully saturated rings. The Labute approximate surface area is 153 Å². The molecule has 8 nitrogen and oxygen atoms in total. The summed E-state index contributed by atoms with van der Waals surface area (Å²) in [5, 5.41) is 16.9. The maximum atomic E-state index is 12.9. The maximum absolute atomic E-state index is 12.9. The molecule has 27 heavy (non-hydrogen) atoms. The van der Waals surface area contributed by atoms with Gasteiger partial charge in [-0.3, -0.25) is 19.6 Å². The highest BCUT2D eigenvalue weighted by atomic mass is 32.1. The standard InChI is InChI=1S/C15H12F3N5O3S/c1-7-3-4-9-10(5-7)27-14(19-9)20-11(24)6-22-8(2)12(23(25)26)13(21-22)15(16,17)18/h3-5H,6H2,1-2H3,(H,19,20,24). The number of hydrogen-bond acceptors (Lipinski definition) is 6. The predicted octanol–water partition coefficient (Wildman–Crippen LogP) is 3.68. The molecule has 3 rings (SSSR count). The fourth-order valence-corrected chi connectivity index (χ4v) is 3.46. The van der Waals surface area contributed by atoms with E-state index in [9.17, 15) is 28.1 Å². The van der Waals surface area contributed by atoms with Crippen molar-refractivity contribution in [1.29, 1.82) is 0 Å². The molecule has 12 heteroatoms. The summed E-state index contributed by atoms with van der Waals surface area (Å²) in [6.45, 7) is 2.40. The van der Waals surface area contributed by atoms with Crippen LogP contribution in [0.3, 0.4) is 0 Å². The summed E-state index contributed by atoms with van der Waals surface area (Å²) in [6, 6.07) is 5.53. The molecule has 142 valence electrons. The van der Waals surface area contributed by atoms with Crippen LogP contribution in [0.4, 0.5) is 24.0 Å². The van der Waals surface area contributed by atoms with Crippen molar-refractivity contribution in [1.82, 2.24) is 14.8 Å². The number of thiazole rings is 1. The normalized spacial score (nSPS) is 11.7. The van der Waals surface area contributed by atoms with Crippen molar-refractivity contribution in [3.05, 3.63) is 45.3 Å². The number of alkyl halides is 3. The first-order valence-electron chi connectivity index (χ1n) is 7.52. The van der Waals surface area contributed by atoms with E-state index in [1.807, 2.05) is 19.1 Å². The van der Waals surface area contributed by atoms with Crippen LogP contribution in [0.15, 0.2) is 18.2 Å². The summed E-state index contributed by atoms with van der Waals surface area (Å²) in [5.41, 5.74) is -1.46. The van der Waals surface area contributed by atoms with Gasteiger partial charge in [0.1, 0.15) is 12.2 Å². The highest BCUT2D eigenvalue weighted by Gasteiger charge is 2.44. The van der Waals surface area contributed by atoms with Gasteiger partial charge in [0.25, 0.3) is 0 Å². The van der Waals surface area contributed by atoms with Crippen molar-refractivity contribution >= 4 is 38.3 Å². The molecule has 0 aliphatic carbocycles. The number of nitrogens with zero attached hydrogens (tertiary/aromatic N) is 4. The number of amides is 1. The molecule has 0 bridgehead atoms. The third kappa shape index (κ3) is 3.74. The number of carbonyl (C=O) groups excluding carboxylic acids is 1. The molecule has 0 unspecified atom stereocenters. The van der Waals surface area contributed by atoms with Crippen LogP contribution in [0, 0.1) is 24.0 Å². The molecule has 0 spiro atoms. The zero-order chi connectivity index (χ0) is 19.9. The van der Waals surface area contributed by atoms with E-state index in [4.69, 9.17) is 0 Å². The summed E-state index contributed by atoms with van der Waals surface area (Å²) in [5.74, 6) is -0.694. The Morgan fingerprint density at radius 3 is 2.67 bits per heavy atom. The van der Waals surface area contributed by atoms with E-state index in [0.717, 1.165) is 17.2 Å². The number of carbonyl (C=O) groups is 1. The molecule has 1 N–H and O–H groups in total. The summed E-state index contributed by atoms with van der Waals surface area (Å²) in [6.07, 6.45) is -5.00. The van der Waals surface area contributed by atoms with E-state index >= 15 is 0 Å². The number of nitrogens with one attached hydrogen (secondary N) is 1. The van der Waals surface area contributed by atoms with Crippen LogP contribution in [0.1, 0.15) is 17.0 Å². The molecule has 1 aromatic carbocycles. The summed E-state index contributed by atoms with van der Waals surface area (Å²) >= 11 is 1.21. The van der Waals surface area contributed by atoms with Gasteiger partial charge in [0.2, 0.25) is 11.6 Å². The van der Waals surface area contributed by atoms with E-state index in [0.29, 0.717) is 10.2 Å². The summed E-state index contributed by atoms with van der Waals surface area (Å²) in [4.78, 5) is 26.2. The molecule has 0 aliphatic rings. The fourth-order valence-electron chi connectivity index (χ4n) is 2.48. The molecule has 0 atom stereocenters. The van der Waals surface area contributed by atoms with Crippen LogP contribution in [0.25, 0.3) is 10.2 Å². The van der Waals surface area contributed by atoms with E-state index in [-0.39, 0.29) is 10.8 Å². The molecule has 1 amide bonds. The minimum Gasteiger partial charge on any atom is -0.300 e. The van der Waals surface area contributed by atoms with Crippen LogP contribution in [0.5, 0.6) is 0 Å². The van der Waals surface area contributed by atoms with Gasteiger partial charge in [-0.15, -0.1) is 0 Å². The zero-order valence-corrected chi connectivity index (χ0v) is 14.8. The van der Waals surface area contributed by atoms with Crippen LogP contribution in [-0.2, 0) is 17.5 Å². The second-order valence-corrected chi connectivity index (χ2v) is 6.76. The molecular formula is C15H12F3N5O3S. The third-order valence-corrected chi connectivity index (χ3v) is 4.64. The van der Waals surface area contributed by atoms with Crippen LogP contribution in [0.2, 0.25) is 0 Å². The van der Waals surface area contributed by atoms with Gasteiger partial charge >= 0.3 is 11.9 Å². The summed E-state index contributed by atoms with van der Waals surface area (Å²) in [7, 11) is 0. The van der Waals surface area contributed by atoms with Crippen molar-refractivity contribution in [2.75, 3.05) is 5.32 Å². The quantitative estimate of drug-likeness (QED) is 0.533. The number of benzene rings is 1. The Balaban J connectivity index is 1.84. The number of rotatable bonds is 4. The van der Waals surface area contributed by atoms with E-state index in [2.05, 4.69) is 15.4 Å². The number of anilines is 1. The van der Waals surface area contributed by atoms with Gasteiger partial charge in [0.15, 0.2) is 5.13 Å². The predicted molar refractivity (Wildman–Crippen MR) is 91.6 cm³/mol. The molecule has 2 aromatic heterocycles. The van der Waals surface area contributed by atoms with E-state index in [1.165, 1.54) is 11.3 Å². The maximum Gasteiger partial charge on any atom is 0.442 e. The SMILES string of the molecule is Cc1ccc2nc(NC(=O)Cn3nc(C(F)(F)F)c([N+](=O)[O-])c3C)sc2c1. The van der Waals surface area contributed by atoms with Gasteiger partial charge in [-0.25, -0.2) is 4.98 Å².